The molecule has 1 aliphatic carbocycles. The molecule has 0 spiro atoms. The van der Waals surface area contributed by atoms with Crippen molar-refractivity contribution in [1.29, 1.82) is 0 Å². The Morgan fingerprint density at radius 1 is 1.15 bits per heavy atom. The molecule has 0 radical (unpaired) electrons. The van der Waals surface area contributed by atoms with Crippen LogP contribution in [0, 0.1) is 17.6 Å². The summed E-state index contributed by atoms with van der Waals surface area (Å²) in [5, 5.41) is 17.4. The first-order valence-corrected chi connectivity index (χ1v) is 11.9. The number of aromatic nitrogens is 1. The van der Waals surface area contributed by atoms with E-state index in [4.69, 9.17) is 4.52 Å². The van der Waals surface area contributed by atoms with Gasteiger partial charge in [-0.25, -0.2) is 8.78 Å². The number of aliphatic hydroxyl groups is 1. The van der Waals surface area contributed by atoms with E-state index in [9.17, 15) is 18.7 Å². The van der Waals surface area contributed by atoms with Crippen molar-refractivity contribution in [1.82, 2.24) is 15.4 Å². The minimum Gasteiger partial charge on any atom is -0.390 e. The molecule has 0 atom stereocenters. The zero-order valence-corrected chi connectivity index (χ0v) is 19.4. The molecular weight excluding hydrogens is 430 g/mol. The lowest BCUT2D eigenvalue weighted by atomic mass is 9.84. The van der Waals surface area contributed by atoms with Crippen LogP contribution in [0.2, 0.25) is 0 Å². The Morgan fingerprint density at radius 2 is 1.82 bits per heavy atom. The van der Waals surface area contributed by atoms with Crippen LogP contribution < -0.4 is 10.2 Å². The first-order chi connectivity index (χ1) is 15.7. The fourth-order valence-corrected chi connectivity index (χ4v) is 4.96. The summed E-state index contributed by atoms with van der Waals surface area (Å²) in [7, 11) is 0. The van der Waals surface area contributed by atoms with Gasteiger partial charge in [-0.2, -0.15) is 0 Å². The van der Waals surface area contributed by atoms with E-state index in [2.05, 4.69) is 20.3 Å². The number of amides is 1. The quantitative estimate of drug-likeness (QED) is 0.653. The molecule has 33 heavy (non-hydrogen) atoms. The average Bonchev–Trinajstić information content (AvgIpc) is 3.15. The fourth-order valence-electron chi connectivity index (χ4n) is 4.96. The van der Waals surface area contributed by atoms with Gasteiger partial charge in [0, 0.05) is 38.3 Å². The van der Waals surface area contributed by atoms with E-state index in [1.165, 1.54) is 0 Å². The second-order valence-electron chi connectivity index (χ2n) is 10.2. The molecule has 2 N–H and O–H groups in total. The number of piperazine rings is 1. The normalized spacial score (nSPS) is 22.6. The number of benzene rings is 1. The number of carbonyl (C=O) groups is 1. The Morgan fingerprint density at radius 3 is 2.48 bits per heavy atom. The van der Waals surface area contributed by atoms with Gasteiger partial charge >= 0.3 is 0 Å². The van der Waals surface area contributed by atoms with Crippen LogP contribution in [-0.2, 0) is 4.79 Å². The summed E-state index contributed by atoms with van der Waals surface area (Å²) in [5.74, 6) is -0.648. The zero-order chi connectivity index (χ0) is 23.6. The lowest BCUT2D eigenvalue weighted by Crippen LogP contribution is -2.47. The van der Waals surface area contributed by atoms with Crippen molar-refractivity contribution in [2.24, 2.45) is 5.92 Å². The molecule has 1 saturated carbocycles. The van der Waals surface area contributed by atoms with Gasteiger partial charge in [0.15, 0.2) is 23.0 Å². The maximum Gasteiger partial charge on any atom is 0.223 e. The molecule has 1 aromatic heterocycles. The molecule has 2 heterocycles. The number of hydrogen-bond acceptors (Lipinski definition) is 6. The van der Waals surface area contributed by atoms with Crippen LogP contribution in [0.1, 0.15) is 52.4 Å². The highest BCUT2D eigenvalue weighted by Gasteiger charge is 2.27. The van der Waals surface area contributed by atoms with E-state index in [0.29, 0.717) is 17.1 Å². The van der Waals surface area contributed by atoms with Crippen LogP contribution in [0.4, 0.5) is 14.6 Å². The van der Waals surface area contributed by atoms with Gasteiger partial charge in [-0.15, -0.1) is 0 Å². The molecule has 0 unspecified atom stereocenters. The number of fused-ring (bicyclic) bond motifs is 1. The van der Waals surface area contributed by atoms with Crippen molar-refractivity contribution in [2.75, 3.05) is 37.6 Å². The first-order valence-electron chi connectivity index (χ1n) is 11.9. The second-order valence-corrected chi connectivity index (χ2v) is 10.2. The maximum atomic E-state index is 13.7. The van der Waals surface area contributed by atoms with Gasteiger partial charge in [0.1, 0.15) is 0 Å². The number of nitrogens with zero attached hydrogens (tertiary/aromatic N) is 3. The van der Waals surface area contributed by atoms with E-state index < -0.39 is 17.2 Å². The molecule has 9 heteroatoms. The molecule has 2 fully saturated rings. The summed E-state index contributed by atoms with van der Waals surface area (Å²) >= 11 is 0. The lowest BCUT2D eigenvalue weighted by molar-refractivity contribution is -0.125. The van der Waals surface area contributed by atoms with Crippen molar-refractivity contribution < 1.29 is 23.2 Å². The number of carbonyl (C=O) groups excluding carboxylic acids is 1. The fraction of sp³-hybridized carbons (Fsp3) is 0.667. The van der Waals surface area contributed by atoms with Crippen LogP contribution >= 0.6 is 0 Å². The van der Waals surface area contributed by atoms with E-state index in [0.717, 1.165) is 77.0 Å². The molecular formula is C24H34F2N4O3. The number of hydrogen-bond donors (Lipinski definition) is 2. The molecule has 2 aromatic rings. The molecule has 1 aromatic carbocycles. The monoisotopic (exact) mass is 464 g/mol. The van der Waals surface area contributed by atoms with E-state index >= 15 is 0 Å². The van der Waals surface area contributed by atoms with Crippen LogP contribution in [0.15, 0.2) is 16.7 Å². The molecule has 2 aliphatic rings. The Hall–Kier alpha value is -2.26. The van der Waals surface area contributed by atoms with Gasteiger partial charge in [0.05, 0.1) is 17.4 Å². The molecule has 7 nitrogen and oxygen atoms in total. The molecule has 4 rings (SSSR count). The van der Waals surface area contributed by atoms with Gasteiger partial charge in [-0.1, -0.05) is 5.16 Å². The summed E-state index contributed by atoms with van der Waals surface area (Å²) in [6, 6.07) is 2.42. The zero-order valence-electron chi connectivity index (χ0n) is 19.4. The minimum absolute atomic E-state index is 0.0726. The van der Waals surface area contributed by atoms with Gasteiger partial charge in [-0.3, -0.25) is 9.69 Å². The Balaban J connectivity index is 1.18. The topological polar surface area (TPSA) is 81.8 Å². The highest BCUT2D eigenvalue weighted by Crippen LogP contribution is 2.30. The number of halogens is 2. The first kappa shape index (κ1) is 23.9. The summed E-state index contributed by atoms with van der Waals surface area (Å²) in [5.41, 5.74) is -0.710. The van der Waals surface area contributed by atoms with Crippen molar-refractivity contribution in [3.8, 4) is 0 Å². The van der Waals surface area contributed by atoms with Crippen molar-refractivity contribution in [3.63, 3.8) is 0 Å². The molecule has 0 bridgehead atoms. The van der Waals surface area contributed by atoms with Gasteiger partial charge in [0.25, 0.3) is 0 Å². The minimum atomic E-state index is -0.972. The predicted molar refractivity (Wildman–Crippen MR) is 122 cm³/mol. The smallest absolute Gasteiger partial charge is 0.223 e. The van der Waals surface area contributed by atoms with Crippen LogP contribution in [-0.4, -0.2) is 65.4 Å². The van der Waals surface area contributed by atoms with E-state index in [1.807, 2.05) is 0 Å². The van der Waals surface area contributed by atoms with Crippen molar-refractivity contribution in [2.45, 2.75) is 64.0 Å². The average molecular weight is 465 g/mol. The summed E-state index contributed by atoms with van der Waals surface area (Å²) in [6.07, 6.45) is 5.48. The van der Waals surface area contributed by atoms with Crippen LogP contribution in [0.3, 0.4) is 0 Å². The highest BCUT2D eigenvalue weighted by molar-refractivity contribution is 5.88. The number of rotatable bonds is 7. The standard InChI is InChI=1S/C24H34F2N4O3/c1-24(2,32)15-22(31)27-17-5-3-16(4-6-17)7-8-29-9-11-30(12-10-29)23-18-13-19(25)20(26)14-21(18)33-28-23/h13-14,16-17,32H,3-12,15H2,1-2H3,(H,27,31)/t16-,17-. The van der Waals surface area contributed by atoms with Crippen molar-refractivity contribution >= 4 is 22.7 Å². The summed E-state index contributed by atoms with van der Waals surface area (Å²) < 4.78 is 32.3. The molecule has 1 saturated heterocycles. The number of nitrogens with one attached hydrogen (secondary N) is 1. The molecule has 1 amide bonds. The largest absolute Gasteiger partial charge is 0.390 e. The Labute approximate surface area is 193 Å². The molecule has 1 aliphatic heterocycles. The van der Waals surface area contributed by atoms with Gasteiger partial charge < -0.3 is 19.8 Å². The third-order valence-electron chi connectivity index (χ3n) is 6.82. The number of anilines is 1. The van der Waals surface area contributed by atoms with Crippen LogP contribution in [0.5, 0.6) is 0 Å². The maximum absolute atomic E-state index is 13.7. The Bertz CT molecular complexity index is 959. The van der Waals surface area contributed by atoms with E-state index in [1.54, 1.807) is 13.8 Å². The van der Waals surface area contributed by atoms with Crippen molar-refractivity contribution in [3.05, 3.63) is 23.8 Å². The van der Waals surface area contributed by atoms with Gasteiger partial charge in [-0.05, 0) is 64.5 Å². The lowest BCUT2D eigenvalue weighted by Gasteiger charge is -2.36. The Kier molecular flexibility index (Phi) is 7.19. The third-order valence-corrected chi connectivity index (χ3v) is 6.82. The molecule has 182 valence electrons. The second kappa shape index (κ2) is 9.93. The van der Waals surface area contributed by atoms with Crippen LogP contribution in [0.25, 0.3) is 11.0 Å². The summed E-state index contributed by atoms with van der Waals surface area (Å²) in [4.78, 5) is 16.5. The summed E-state index contributed by atoms with van der Waals surface area (Å²) in [6.45, 7) is 7.64. The third kappa shape index (κ3) is 6.20. The van der Waals surface area contributed by atoms with Gasteiger partial charge in [0.2, 0.25) is 5.91 Å². The van der Waals surface area contributed by atoms with E-state index in [-0.39, 0.29) is 24.0 Å². The highest BCUT2D eigenvalue weighted by atomic mass is 19.2. The predicted octanol–water partition coefficient (Wildman–Crippen LogP) is 3.45. The SMILES string of the molecule is CC(C)(O)CC(=O)N[C@H]1CC[C@H](CCN2CCN(c3noc4cc(F)c(F)cc34)CC2)CC1.